The molecule has 0 aromatic heterocycles. The van der Waals surface area contributed by atoms with Gasteiger partial charge in [0.1, 0.15) is 11.4 Å². The molecule has 0 fully saturated rings. The van der Waals surface area contributed by atoms with Crippen LogP contribution in [-0.2, 0) is 6.42 Å². The van der Waals surface area contributed by atoms with Gasteiger partial charge < -0.3 is 5.11 Å². The third-order valence-corrected chi connectivity index (χ3v) is 2.96. The number of hydrogen-bond donors (Lipinski definition) is 1. The zero-order valence-electron chi connectivity index (χ0n) is 7.98. The van der Waals surface area contributed by atoms with Gasteiger partial charge in [-0.3, -0.25) is 0 Å². The molecule has 1 atom stereocenters. The van der Waals surface area contributed by atoms with E-state index in [2.05, 4.69) is 15.9 Å². The zero-order valence-corrected chi connectivity index (χ0v) is 9.56. The molecule has 0 amide bonds. The van der Waals surface area contributed by atoms with Crippen LogP contribution in [-0.4, -0.2) is 15.5 Å². The minimum atomic E-state index is -3.46. The fourth-order valence-corrected chi connectivity index (χ4v) is 1.25. The van der Waals surface area contributed by atoms with Gasteiger partial charge in [-0.25, -0.2) is 4.39 Å². The van der Waals surface area contributed by atoms with Gasteiger partial charge in [0.15, 0.2) is 0 Å². The van der Waals surface area contributed by atoms with Crippen LogP contribution >= 0.6 is 15.9 Å². The van der Waals surface area contributed by atoms with Crippen LogP contribution in [0.2, 0.25) is 0 Å². The molecule has 0 aliphatic carbocycles. The van der Waals surface area contributed by atoms with Crippen molar-refractivity contribution in [3.8, 4) is 0 Å². The highest BCUT2D eigenvalue weighted by molar-refractivity contribution is 9.10. The van der Waals surface area contributed by atoms with Gasteiger partial charge in [0.2, 0.25) is 0 Å². The highest BCUT2D eigenvalue weighted by Gasteiger charge is 2.46. The molecular formula is C10H10BrF3O. The van der Waals surface area contributed by atoms with Crippen LogP contribution < -0.4 is 0 Å². The first-order valence-electron chi connectivity index (χ1n) is 4.26. The van der Waals surface area contributed by atoms with Crippen molar-refractivity contribution < 1.29 is 18.3 Å². The van der Waals surface area contributed by atoms with Crippen molar-refractivity contribution in [2.45, 2.75) is 23.8 Å². The Balaban J connectivity index is 2.92. The van der Waals surface area contributed by atoms with Gasteiger partial charge in [0.25, 0.3) is 0 Å². The number of rotatable bonds is 3. The van der Waals surface area contributed by atoms with E-state index in [9.17, 15) is 18.3 Å². The Hall–Kier alpha value is -0.550. The predicted octanol–water partition coefficient (Wildman–Crippen LogP) is 3.11. The maximum Gasteiger partial charge on any atom is 0.329 e. The van der Waals surface area contributed by atoms with Crippen molar-refractivity contribution in [1.29, 1.82) is 0 Å². The van der Waals surface area contributed by atoms with Crippen LogP contribution in [0.25, 0.3) is 0 Å². The normalized spacial score (nSPS) is 16.1. The topological polar surface area (TPSA) is 20.2 Å². The number of aliphatic hydroxyl groups is 1. The lowest BCUT2D eigenvalue weighted by Crippen LogP contribution is -2.43. The first kappa shape index (κ1) is 12.5. The monoisotopic (exact) mass is 282 g/mol. The van der Waals surface area contributed by atoms with Gasteiger partial charge in [-0.15, -0.1) is 0 Å². The molecule has 1 unspecified atom stereocenters. The van der Waals surface area contributed by atoms with Crippen molar-refractivity contribution in [3.63, 3.8) is 0 Å². The average Bonchev–Trinajstić information content (AvgIpc) is 2.06. The number of halogens is 4. The fraction of sp³-hybridized carbons (Fsp3) is 0.400. The summed E-state index contributed by atoms with van der Waals surface area (Å²) in [7, 11) is 0. The van der Waals surface area contributed by atoms with Gasteiger partial charge in [-0.1, -0.05) is 18.2 Å². The Morgan fingerprint density at radius 1 is 1.33 bits per heavy atom. The van der Waals surface area contributed by atoms with Crippen LogP contribution in [0.3, 0.4) is 0 Å². The summed E-state index contributed by atoms with van der Waals surface area (Å²) in [5.74, 6) is -0.602. The summed E-state index contributed by atoms with van der Waals surface area (Å²) >= 11 is 2.08. The maximum absolute atomic E-state index is 13.1. The fourth-order valence-electron chi connectivity index (χ4n) is 1.11. The molecule has 0 aliphatic rings. The molecule has 15 heavy (non-hydrogen) atoms. The summed E-state index contributed by atoms with van der Waals surface area (Å²) in [6.07, 6.45) is -0.460. The van der Waals surface area contributed by atoms with E-state index in [0.29, 0.717) is 0 Å². The molecule has 1 rings (SSSR count). The number of hydrogen-bond acceptors (Lipinski definition) is 1. The SMILES string of the molecule is CC(O)(Cc1ccccc1F)C(F)(F)Br. The minimum absolute atomic E-state index is 0.0571. The van der Waals surface area contributed by atoms with E-state index in [1.165, 1.54) is 18.2 Å². The van der Waals surface area contributed by atoms with E-state index in [4.69, 9.17) is 0 Å². The molecule has 0 aliphatic heterocycles. The van der Waals surface area contributed by atoms with E-state index in [1.54, 1.807) is 0 Å². The summed E-state index contributed by atoms with van der Waals surface area (Å²) in [6, 6.07) is 5.51. The predicted molar refractivity (Wildman–Crippen MR) is 54.6 cm³/mol. The molecule has 1 aromatic carbocycles. The lowest BCUT2D eigenvalue weighted by Gasteiger charge is -2.28. The third-order valence-electron chi connectivity index (χ3n) is 2.10. The lowest BCUT2D eigenvalue weighted by molar-refractivity contribution is -0.103. The first-order chi connectivity index (χ1) is 6.74. The average molecular weight is 283 g/mol. The van der Waals surface area contributed by atoms with Gasteiger partial charge in [0.05, 0.1) is 0 Å². The van der Waals surface area contributed by atoms with E-state index >= 15 is 0 Å². The number of benzene rings is 1. The minimum Gasteiger partial charge on any atom is -0.383 e. The van der Waals surface area contributed by atoms with E-state index in [1.807, 2.05) is 0 Å². The van der Waals surface area contributed by atoms with Crippen molar-refractivity contribution in [2.24, 2.45) is 0 Å². The summed E-state index contributed by atoms with van der Waals surface area (Å²) in [5.41, 5.74) is -2.27. The highest BCUT2D eigenvalue weighted by Crippen LogP contribution is 2.37. The highest BCUT2D eigenvalue weighted by atomic mass is 79.9. The molecule has 0 bridgehead atoms. The Morgan fingerprint density at radius 2 is 1.87 bits per heavy atom. The van der Waals surface area contributed by atoms with E-state index < -0.39 is 22.7 Å². The van der Waals surface area contributed by atoms with Crippen molar-refractivity contribution in [2.75, 3.05) is 0 Å². The quantitative estimate of drug-likeness (QED) is 0.845. The third kappa shape index (κ3) is 2.95. The van der Waals surface area contributed by atoms with Gasteiger partial charge in [0, 0.05) is 6.42 Å². The second-order valence-corrected chi connectivity index (χ2v) is 4.54. The molecule has 1 nitrogen and oxygen atoms in total. The lowest BCUT2D eigenvalue weighted by atomic mass is 9.97. The molecule has 0 radical (unpaired) electrons. The Morgan fingerprint density at radius 3 is 2.33 bits per heavy atom. The zero-order chi connectivity index (χ0) is 11.7. The van der Waals surface area contributed by atoms with E-state index in [0.717, 1.165) is 13.0 Å². The van der Waals surface area contributed by atoms with Crippen molar-refractivity contribution in [3.05, 3.63) is 35.6 Å². The second-order valence-electron chi connectivity index (χ2n) is 3.54. The van der Waals surface area contributed by atoms with Crippen molar-refractivity contribution >= 4 is 15.9 Å². The van der Waals surface area contributed by atoms with Crippen molar-refractivity contribution in [1.82, 2.24) is 0 Å². The summed E-state index contributed by atoms with van der Waals surface area (Å²) in [4.78, 5) is -3.46. The molecule has 0 spiro atoms. The summed E-state index contributed by atoms with van der Waals surface area (Å²) in [6.45, 7) is 0.953. The summed E-state index contributed by atoms with van der Waals surface area (Å²) in [5, 5.41) is 9.47. The van der Waals surface area contributed by atoms with Crippen LogP contribution in [0.15, 0.2) is 24.3 Å². The largest absolute Gasteiger partial charge is 0.383 e. The van der Waals surface area contributed by atoms with Gasteiger partial charge >= 0.3 is 4.83 Å². The summed E-state index contributed by atoms with van der Waals surface area (Å²) < 4.78 is 38.9. The molecule has 0 saturated carbocycles. The molecule has 1 aromatic rings. The molecule has 0 heterocycles. The van der Waals surface area contributed by atoms with Crippen LogP contribution in [0.4, 0.5) is 13.2 Å². The molecular weight excluding hydrogens is 273 g/mol. The van der Waals surface area contributed by atoms with Gasteiger partial charge in [-0.2, -0.15) is 8.78 Å². The second kappa shape index (κ2) is 4.14. The van der Waals surface area contributed by atoms with Gasteiger partial charge in [-0.05, 0) is 34.5 Å². The van der Waals surface area contributed by atoms with Crippen LogP contribution in [0.1, 0.15) is 12.5 Å². The van der Waals surface area contributed by atoms with Crippen LogP contribution in [0, 0.1) is 5.82 Å². The Labute approximate surface area is 94.0 Å². The standard InChI is InChI=1S/C10H10BrF3O/c1-9(15,10(11,13)14)6-7-4-2-3-5-8(7)12/h2-5,15H,6H2,1H3. The van der Waals surface area contributed by atoms with Crippen LogP contribution in [0.5, 0.6) is 0 Å². The molecule has 0 saturated heterocycles. The Kier molecular flexibility index (Phi) is 3.45. The van der Waals surface area contributed by atoms with E-state index in [-0.39, 0.29) is 5.56 Å². The molecule has 84 valence electrons. The maximum atomic E-state index is 13.1. The molecule has 5 heteroatoms. The number of alkyl halides is 3. The first-order valence-corrected chi connectivity index (χ1v) is 5.06. The molecule has 1 N–H and O–H groups in total. The smallest absolute Gasteiger partial charge is 0.329 e. The Bertz CT molecular complexity index is 347.